The third kappa shape index (κ3) is 3.32. The van der Waals surface area contributed by atoms with Crippen LogP contribution in [0.1, 0.15) is 47.8 Å². The van der Waals surface area contributed by atoms with E-state index in [0.29, 0.717) is 13.0 Å². The van der Waals surface area contributed by atoms with Crippen LogP contribution in [-0.4, -0.2) is 22.0 Å². The van der Waals surface area contributed by atoms with Gasteiger partial charge in [0.25, 0.3) is 0 Å². The van der Waals surface area contributed by atoms with Gasteiger partial charge in [-0.2, -0.15) is 0 Å². The Bertz CT molecular complexity index is 1260. The third-order valence-electron chi connectivity index (χ3n) is 6.65. The quantitative estimate of drug-likeness (QED) is 0.428. The molecule has 4 heteroatoms. The summed E-state index contributed by atoms with van der Waals surface area (Å²) < 4.78 is 2.33. The Morgan fingerprint density at radius 2 is 1.68 bits per heavy atom. The van der Waals surface area contributed by atoms with Crippen LogP contribution < -0.4 is 4.90 Å². The molecule has 4 aromatic rings. The SMILES string of the molecule is Cc1cccc(N2CC(c3nc4ccccc4n3C(C)c3ccccc3)CC2=O)c1C. The summed E-state index contributed by atoms with van der Waals surface area (Å²) in [6, 6.07) is 25.1. The van der Waals surface area contributed by atoms with E-state index >= 15 is 0 Å². The molecule has 2 atom stereocenters. The van der Waals surface area contributed by atoms with Crippen molar-refractivity contribution in [1.29, 1.82) is 0 Å². The number of carbonyl (C=O) groups excluding carboxylic acids is 1. The van der Waals surface area contributed by atoms with Crippen LogP contribution in [0.2, 0.25) is 0 Å². The molecule has 5 rings (SSSR count). The Balaban J connectivity index is 1.58. The van der Waals surface area contributed by atoms with Gasteiger partial charge in [-0.3, -0.25) is 4.79 Å². The largest absolute Gasteiger partial charge is 0.320 e. The molecule has 156 valence electrons. The number of aromatic nitrogens is 2. The van der Waals surface area contributed by atoms with Crippen molar-refractivity contribution in [2.75, 3.05) is 11.4 Å². The number of para-hydroxylation sites is 2. The number of hydrogen-bond donors (Lipinski definition) is 0. The maximum atomic E-state index is 13.1. The summed E-state index contributed by atoms with van der Waals surface area (Å²) >= 11 is 0. The minimum absolute atomic E-state index is 0.0611. The second-order valence-electron chi connectivity index (χ2n) is 8.54. The summed E-state index contributed by atoms with van der Waals surface area (Å²) in [5.74, 6) is 1.23. The van der Waals surface area contributed by atoms with Crippen LogP contribution in [0.4, 0.5) is 5.69 Å². The van der Waals surface area contributed by atoms with Gasteiger partial charge in [-0.25, -0.2) is 4.98 Å². The first-order valence-electron chi connectivity index (χ1n) is 10.9. The van der Waals surface area contributed by atoms with Crippen LogP contribution in [0.15, 0.2) is 72.8 Å². The van der Waals surface area contributed by atoms with Gasteiger partial charge in [-0.15, -0.1) is 0 Å². The molecule has 1 aliphatic rings. The second-order valence-corrected chi connectivity index (χ2v) is 8.54. The zero-order valence-corrected chi connectivity index (χ0v) is 18.2. The van der Waals surface area contributed by atoms with Gasteiger partial charge >= 0.3 is 0 Å². The molecule has 1 fully saturated rings. The molecule has 0 saturated carbocycles. The predicted molar refractivity (Wildman–Crippen MR) is 126 cm³/mol. The van der Waals surface area contributed by atoms with Crippen molar-refractivity contribution >= 4 is 22.6 Å². The molecule has 1 amide bonds. The summed E-state index contributed by atoms with van der Waals surface area (Å²) in [7, 11) is 0. The molecule has 0 bridgehead atoms. The lowest BCUT2D eigenvalue weighted by atomic mass is 10.0. The number of amides is 1. The number of hydrogen-bond acceptors (Lipinski definition) is 2. The minimum Gasteiger partial charge on any atom is -0.320 e. The predicted octanol–water partition coefficient (Wildman–Crippen LogP) is 5.78. The van der Waals surface area contributed by atoms with Crippen molar-refractivity contribution in [3.05, 3.63) is 95.3 Å². The van der Waals surface area contributed by atoms with E-state index in [1.807, 2.05) is 23.1 Å². The molecule has 0 aliphatic carbocycles. The van der Waals surface area contributed by atoms with Crippen LogP contribution in [0.5, 0.6) is 0 Å². The fourth-order valence-corrected chi connectivity index (χ4v) is 4.78. The first-order chi connectivity index (χ1) is 15.0. The molecule has 2 unspecified atom stereocenters. The molecule has 4 nitrogen and oxygen atoms in total. The number of imidazole rings is 1. The van der Waals surface area contributed by atoms with Crippen LogP contribution in [0.3, 0.4) is 0 Å². The monoisotopic (exact) mass is 409 g/mol. The van der Waals surface area contributed by atoms with Crippen molar-refractivity contribution in [2.45, 2.75) is 39.2 Å². The number of fused-ring (bicyclic) bond motifs is 1. The average Bonchev–Trinajstić information content (AvgIpc) is 3.36. The van der Waals surface area contributed by atoms with Crippen molar-refractivity contribution in [1.82, 2.24) is 9.55 Å². The second kappa shape index (κ2) is 7.69. The summed E-state index contributed by atoms with van der Waals surface area (Å²) in [5, 5.41) is 0. The van der Waals surface area contributed by atoms with Crippen molar-refractivity contribution < 1.29 is 4.79 Å². The summed E-state index contributed by atoms with van der Waals surface area (Å²) in [6.07, 6.45) is 0.484. The molecule has 0 N–H and O–H groups in total. The molecule has 1 aromatic heterocycles. The molecular formula is C27H27N3O. The average molecular weight is 410 g/mol. The standard InChI is InChI=1S/C27H27N3O/c1-18-10-9-15-24(19(18)2)29-17-22(16-26(29)31)27-28-23-13-7-8-14-25(23)30(27)20(3)21-11-5-4-6-12-21/h4-15,20,22H,16-17H2,1-3H3. The Labute approximate surface area is 183 Å². The smallest absolute Gasteiger partial charge is 0.227 e. The van der Waals surface area contributed by atoms with Gasteiger partial charge in [0.1, 0.15) is 5.82 Å². The van der Waals surface area contributed by atoms with Crippen molar-refractivity contribution in [3.63, 3.8) is 0 Å². The van der Waals surface area contributed by atoms with E-state index in [0.717, 1.165) is 22.5 Å². The fraction of sp³-hybridized carbons (Fsp3) is 0.259. The molecule has 1 saturated heterocycles. The van der Waals surface area contributed by atoms with Gasteiger partial charge in [0.05, 0.1) is 17.1 Å². The van der Waals surface area contributed by atoms with E-state index in [1.54, 1.807) is 0 Å². The minimum atomic E-state index is 0.0611. The van der Waals surface area contributed by atoms with E-state index in [2.05, 4.69) is 79.9 Å². The normalized spacial score (nSPS) is 17.5. The van der Waals surface area contributed by atoms with Crippen LogP contribution in [-0.2, 0) is 4.79 Å². The molecule has 3 aromatic carbocycles. The lowest BCUT2D eigenvalue weighted by molar-refractivity contribution is -0.117. The molecule has 2 heterocycles. The lowest BCUT2D eigenvalue weighted by Crippen LogP contribution is -2.25. The first-order valence-corrected chi connectivity index (χ1v) is 10.9. The van der Waals surface area contributed by atoms with E-state index in [9.17, 15) is 4.79 Å². The summed E-state index contributed by atoms with van der Waals surface area (Å²) in [6.45, 7) is 7.07. The van der Waals surface area contributed by atoms with E-state index < -0.39 is 0 Å². The van der Waals surface area contributed by atoms with Crippen LogP contribution in [0, 0.1) is 13.8 Å². The summed E-state index contributed by atoms with van der Waals surface area (Å²) in [4.78, 5) is 20.1. The highest BCUT2D eigenvalue weighted by molar-refractivity contribution is 5.97. The lowest BCUT2D eigenvalue weighted by Gasteiger charge is -2.22. The Hall–Kier alpha value is -3.40. The zero-order chi connectivity index (χ0) is 21.5. The fourth-order valence-electron chi connectivity index (χ4n) is 4.78. The van der Waals surface area contributed by atoms with Gasteiger partial charge < -0.3 is 9.47 Å². The van der Waals surface area contributed by atoms with E-state index in [1.165, 1.54) is 16.7 Å². The van der Waals surface area contributed by atoms with Crippen LogP contribution in [0.25, 0.3) is 11.0 Å². The van der Waals surface area contributed by atoms with Gasteiger partial charge in [-0.1, -0.05) is 54.6 Å². The topological polar surface area (TPSA) is 38.1 Å². The van der Waals surface area contributed by atoms with Gasteiger partial charge in [-0.05, 0) is 55.7 Å². The van der Waals surface area contributed by atoms with E-state index in [-0.39, 0.29) is 17.9 Å². The molecule has 31 heavy (non-hydrogen) atoms. The number of nitrogens with zero attached hydrogens (tertiary/aromatic N) is 3. The van der Waals surface area contributed by atoms with Gasteiger partial charge in [0, 0.05) is 24.6 Å². The third-order valence-corrected chi connectivity index (χ3v) is 6.65. The first kappa shape index (κ1) is 19.6. The maximum absolute atomic E-state index is 13.1. The Kier molecular flexibility index (Phi) is 4.85. The molecule has 0 radical (unpaired) electrons. The number of anilines is 1. The highest BCUT2D eigenvalue weighted by atomic mass is 16.2. The number of carbonyl (C=O) groups is 1. The van der Waals surface area contributed by atoms with Crippen molar-refractivity contribution in [3.8, 4) is 0 Å². The molecule has 0 spiro atoms. The number of rotatable bonds is 4. The molecular weight excluding hydrogens is 382 g/mol. The number of benzene rings is 3. The van der Waals surface area contributed by atoms with Gasteiger partial charge in [0.2, 0.25) is 5.91 Å². The maximum Gasteiger partial charge on any atom is 0.227 e. The highest BCUT2D eigenvalue weighted by Crippen LogP contribution is 2.37. The van der Waals surface area contributed by atoms with Crippen LogP contribution >= 0.6 is 0 Å². The Morgan fingerprint density at radius 3 is 2.48 bits per heavy atom. The highest BCUT2D eigenvalue weighted by Gasteiger charge is 2.36. The zero-order valence-electron chi connectivity index (χ0n) is 18.2. The summed E-state index contributed by atoms with van der Waals surface area (Å²) in [5.41, 5.74) is 6.74. The van der Waals surface area contributed by atoms with E-state index in [4.69, 9.17) is 4.98 Å². The number of aryl methyl sites for hydroxylation is 1. The van der Waals surface area contributed by atoms with Crippen molar-refractivity contribution in [2.24, 2.45) is 0 Å². The molecule has 1 aliphatic heterocycles. The Morgan fingerprint density at radius 1 is 0.935 bits per heavy atom. The van der Waals surface area contributed by atoms with Gasteiger partial charge in [0.15, 0.2) is 0 Å².